The monoisotopic (exact) mass is 343 g/mol. The summed E-state index contributed by atoms with van der Waals surface area (Å²) >= 11 is 0. The third-order valence-electron chi connectivity index (χ3n) is 3.53. The molecule has 0 saturated heterocycles. The number of aryl methyl sites for hydroxylation is 1. The Morgan fingerprint density at radius 2 is 1.84 bits per heavy atom. The highest BCUT2D eigenvalue weighted by atomic mass is 19.1. The zero-order chi connectivity index (χ0) is 18.4. The van der Waals surface area contributed by atoms with Crippen molar-refractivity contribution in [3.05, 3.63) is 65.0 Å². The van der Waals surface area contributed by atoms with E-state index in [0.717, 1.165) is 0 Å². The van der Waals surface area contributed by atoms with Crippen molar-refractivity contribution in [1.29, 1.82) is 0 Å². The van der Waals surface area contributed by atoms with Crippen molar-refractivity contribution in [2.45, 2.75) is 33.4 Å². The van der Waals surface area contributed by atoms with Crippen LogP contribution in [0.5, 0.6) is 0 Å². The number of anilines is 1. The van der Waals surface area contributed by atoms with E-state index in [1.165, 1.54) is 6.07 Å². The molecule has 0 saturated carbocycles. The number of para-hydroxylation sites is 1. The Morgan fingerprint density at radius 1 is 1.12 bits per heavy atom. The van der Waals surface area contributed by atoms with Gasteiger partial charge in [0.15, 0.2) is 0 Å². The number of carbonyl (C=O) groups excluding carboxylic acids is 2. The molecule has 0 atom stereocenters. The molecule has 0 aliphatic rings. The van der Waals surface area contributed by atoms with Crippen LogP contribution in [0, 0.1) is 12.7 Å². The first-order valence-corrected chi connectivity index (χ1v) is 8.06. The Labute approximate surface area is 146 Å². The molecule has 0 fully saturated rings. The molecule has 2 aromatic rings. The summed E-state index contributed by atoms with van der Waals surface area (Å²) in [6.45, 7) is 5.57. The van der Waals surface area contributed by atoms with Gasteiger partial charge in [-0.1, -0.05) is 24.3 Å². The van der Waals surface area contributed by atoms with Gasteiger partial charge in [-0.25, -0.2) is 9.18 Å². The predicted octanol–water partition coefficient (Wildman–Crippen LogP) is 3.59. The Hall–Kier alpha value is -2.89. The molecular weight excluding hydrogens is 321 g/mol. The number of hydrogen-bond donors (Lipinski definition) is 3. The van der Waals surface area contributed by atoms with Crippen LogP contribution in [0.1, 0.15) is 35.3 Å². The number of nitrogens with one attached hydrogen (secondary N) is 3. The summed E-state index contributed by atoms with van der Waals surface area (Å²) in [5, 5.41) is 8.11. The standard InChI is InChI=1S/C19H22FN3O2/c1-12(2)22-19(25)23-17-7-5-4-6-15(17)18(24)21-11-14-9-8-13(3)16(20)10-14/h4-10,12H,11H2,1-3H3,(H,21,24)(H2,22,23,25). The highest BCUT2D eigenvalue weighted by Gasteiger charge is 2.13. The van der Waals surface area contributed by atoms with Gasteiger partial charge < -0.3 is 16.0 Å². The third kappa shape index (κ3) is 5.31. The van der Waals surface area contributed by atoms with Gasteiger partial charge in [0.1, 0.15) is 5.82 Å². The largest absolute Gasteiger partial charge is 0.348 e. The molecule has 0 spiro atoms. The van der Waals surface area contributed by atoms with E-state index < -0.39 is 0 Å². The predicted molar refractivity (Wildman–Crippen MR) is 96.0 cm³/mol. The molecule has 0 radical (unpaired) electrons. The van der Waals surface area contributed by atoms with E-state index in [4.69, 9.17) is 0 Å². The fourth-order valence-corrected chi connectivity index (χ4v) is 2.23. The van der Waals surface area contributed by atoms with Crippen LogP contribution in [-0.4, -0.2) is 18.0 Å². The van der Waals surface area contributed by atoms with Crippen LogP contribution < -0.4 is 16.0 Å². The van der Waals surface area contributed by atoms with E-state index in [1.54, 1.807) is 43.3 Å². The van der Waals surface area contributed by atoms with Crippen LogP contribution >= 0.6 is 0 Å². The summed E-state index contributed by atoms with van der Waals surface area (Å²) in [5.41, 5.74) is 1.97. The lowest BCUT2D eigenvalue weighted by molar-refractivity contribution is 0.0951. The Kier molecular flexibility index (Phi) is 6.11. The molecule has 5 nitrogen and oxygen atoms in total. The lowest BCUT2D eigenvalue weighted by atomic mass is 10.1. The summed E-state index contributed by atoms with van der Waals surface area (Å²) in [4.78, 5) is 24.3. The summed E-state index contributed by atoms with van der Waals surface area (Å²) in [5.74, 6) is -0.652. The van der Waals surface area contributed by atoms with Crippen LogP contribution in [0.15, 0.2) is 42.5 Å². The van der Waals surface area contributed by atoms with Gasteiger partial charge in [-0.2, -0.15) is 0 Å². The number of urea groups is 1. The molecule has 0 bridgehead atoms. The summed E-state index contributed by atoms with van der Waals surface area (Å²) in [6, 6.07) is 11.2. The molecule has 25 heavy (non-hydrogen) atoms. The van der Waals surface area contributed by atoms with Gasteiger partial charge in [0, 0.05) is 12.6 Å². The van der Waals surface area contributed by atoms with Crippen LogP contribution in [0.2, 0.25) is 0 Å². The number of carbonyl (C=O) groups is 2. The number of hydrogen-bond acceptors (Lipinski definition) is 2. The first kappa shape index (κ1) is 18.4. The second-order valence-corrected chi connectivity index (χ2v) is 6.06. The lowest BCUT2D eigenvalue weighted by Crippen LogP contribution is -2.35. The maximum absolute atomic E-state index is 13.6. The van der Waals surface area contributed by atoms with Gasteiger partial charge in [0.05, 0.1) is 11.3 Å². The van der Waals surface area contributed by atoms with Crippen molar-refractivity contribution in [2.24, 2.45) is 0 Å². The highest BCUT2D eigenvalue weighted by molar-refractivity contribution is 6.03. The van der Waals surface area contributed by atoms with Gasteiger partial charge in [0.2, 0.25) is 0 Å². The third-order valence-corrected chi connectivity index (χ3v) is 3.53. The normalized spacial score (nSPS) is 10.4. The van der Waals surface area contributed by atoms with E-state index >= 15 is 0 Å². The van der Waals surface area contributed by atoms with Gasteiger partial charge in [-0.3, -0.25) is 4.79 Å². The van der Waals surface area contributed by atoms with Crippen molar-refractivity contribution in [1.82, 2.24) is 10.6 Å². The molecule has 0 aromatic heterocycles. The molecule has 0 aliphatic carbocycles. The Morgan fingerprint density at radius 3 is 2.52 bits per heavy atom. The molecule has 132 valence electrons. The van der Waals surface area contributed by atoms with E-state index in [-0.39, 0.29) is 30.3 Å². The molecule has 3 N–H and O–H groups in total. The SMILES string of the molecule is Cc1ccc(CNC(=O)c2ccccc2NC(=O)NC(C)C)cc1F. The zero-order valence-electron chi connectivity index (χ0n) is 14.5. The van der Waals surface area contributed by atoms with E-state index in [1.807, 2.05) is 13.8 Å². The highest BCUT2D eigenvalue weighted by Crippen LogP contribution is 2.15. The quantitative estimate of drug-likeness (QED) is 0.776. The van der Waals surface area contributed by atoms with Crippen LogP contribution in [-0.2, 0) is 6.54 Å². The first-order chi connectivity index (χ1) is 11.9. The maximum Gasteiger partial charge on any atom is 0.319 e. The van der Waals surface area contributed by atoms with Crippen molar-refractivity contribution < 1.29 is 14.0 Å². The molecule has 2 rings (SSSR count). The number of benzene rings is 2. The second-order valence-electron chi connectivity index (χ2n) is 6.06. The average molecular weight is 343 g/mol. The van der Waals surface area contributed by atoms with Gasteiger partial charge in [-0.05, 0) is 50.1 Å². The average Bonchev–Trinajstić information content (AvgIpc) is 2.55. The van der Waals surface area contributed by atoms with Crippen LogP contribution in [0.25, 0.3) is 0 Å². The first-order valence-electron chi connectivity index (χ1n) is 8.06. The van der Waals surface area contributed by atoms with Crippen molar-refractivity contribution in [3.63, 3.8) is 0 Å². The molecule has 0 aliphatic heterocycles. The van der Waals surface area contributed by atoms with Crippen molar-refractivity contribution in [3.8, 4) is 0 Å². The molecule has 0 heterocycles. The van der Waals surface area contributed by atoms with Crippen molar-refractivity contribution >= 4 is 17.6 Å². The molecule has 0 unspecified atom stereocenters. The fraction of sp³-hybridized carbons (Fsp3) is 0.263. The number of amides is 3. The fourth-order valence-electron chi connectivity index (χ4n) is 2.23. The minimum Gasteiger partial charge on any atom is -0.348 e. The lowest BCUT2D eigenvalue weighted by Gasteiger charge is -2.13. The maximum atomic E-state index is 13.6. The minimum atomic E-state index is -0.379. The zero-order valence-corrected chi connectivity index (χ0v) is 14.5. The van der Waals surface area contributed by atoms with Gasteiger partial charge in [-0.15, -0.1) is 0 Å². The van der Waals surface area contributed by atoms with E-state index in [0.29, 0.717) is 22.4 Å². The number of rotatable bonds is 5. The Bertz CT molecular complexity index is 775. The van der Waals surface area contributed by atoms with Gasteiger partial charge in [0.25, 0.3) is 5.91 Å². The van der Waals surface area contributed by atoms with E-state index in [9.17, 15) is 14.0 Å². The summed E-state index contributed by atoms with van der Waals surface area (Å²) < 4.78 is 13.6. The second kappa shape index (κ2) is 8.28. The van der Waals surface area contributed by atoms with Crippen molar-refractivity contribution in [2.75, 3.05) is 5.32 Å². The molecule has 2 aromatic carbocycles. The molecular formula is C19H22FN3O2. The van der Waals surface area contributed by atoms with Crippen LogP contribution in [0.3, 0.4) is 0 Å². The molecule has 6 heteroatoms. The molecule has 3 amide bonds. The minimum absolute atomic E-state index is 0.0163. The van der Waals surface area contributed by atoms with E-state index in [2.05, 4.69) is 16.0 Å². The van der Waals surface area contributed by atoms with Crippen LogP contribution in [0.4, 0.5) is 14.9 Å². The number of halogens is 1. The summed E-state index contributed by atoms with van der Waals surface area (Å²) in [7, 11) is 0. The smallest absolute Gasteiger partial charge is 0.319 e. The summed E-state index contributed by atoms with van der Waals surface area (Å²) in [6.07, 6.45) is 0. The topological polar surface area (TPSA) is 70.2 Å². The Balaban J connectivity index is 2.06. The van der Waals surface area contributed by atoms with Gasteiger partial charge >= 0.3 is 6.03 Å².